The second-order valence-electron chi connectivity index (χ2n) is 6.48. The maximum atomic E-state index is 12.3. The van der Waals surface area contributed by atoms with Crippen LogP contribution >= 0.6 is 22.9 Å². The minimum Gasteiger partial charge on any atom is -0.495 e. The summed E-state index contributed by atoms with van der Waals surface area (Å²) in [6.07, 6.45) is 4.36. The minimum atomic E-state index is -0.522. The number of benzene rings is 1. The van der Waals surface area contributed by atoms with Gasteiger partial charge in [0.05, 0.1) is 24.1 Å². The van der Waals surface area contributed by atoms with E-state index in [1.807, 2.05) is 6.07 Å². The van der Waals surface area contributed by atoms with Crippen LogP contribution in [0.15, 0.2) is 18.2 Å². The van der Waals surface area contributed by atoms with E-state index in [9.17, 15) is 4.79 Å². The molecule has 0 saturated carbocycles. The largest absolute Gasteiger partial charge is 0.495 e. The zero-order chi connectivity index (χ0) is 19.7. The van der Waals surface area contributed by atoms with Crippen LogP contribution in [-0.4, -0.2) is 29.7 Å². The van der Waals surface area contributed by atoms with E-state index in [1.165, 1.54) is 16.9 Å². The lowest BCUT2D eigenvalue weighted by Gasteiger charge is -2.14. The number of halogens is 1. The fourth-order valence-electron chi connectivity index (χ4n) is 3.42. The van der Waals surface area contributed by atoms with Gasteiger partial charge in [-0.1, -0.05) is 11.6 Å². The first-order valence-electron chi connectivity index (χ1n) is 9.20. The van der Waals surface area contributed by atoms with E-state index in [0.29, 0.717) is 16.6 Å². The summed E-state index contributed by atoms with van der Waals surface area (Å²) in [5, 5.41) is 4.80. The highest BCUT2D eigenvalue weighted by molar-refractivity contribution is 7.19. The van der Waals surface area contributed by atoms with Gasteiger partial charge in [0.15, 0.2) is 0 Å². The molecule has 1 aliphatic rings. The van der Waals surface area contributed by atoms with E-state index in [4.69, 9.17) is 21.1 Å². The summed E-state index contributed by atoms with van der Waals surface area (Å²) in [5.74, 6) is 0.746. The fourth-order valence-corrected chi connectivity index (χ4v) is 4.93. The Balaban J connectivity index is 1.83. The molecular weight excluding hydrogens is 398 g/mol. The molecule has 1 aromatic carbocycles. The molecule has 0 spiro atoms. The fraction of sp³-hybridized carbons (Fsp3) is 0.350. The van der Waals surface area contributed by atoms with Gasteiger partial charge in [-0.3, -0.25) is 0 Å². The molecule has 1 aliphatic carbocycles. The average Bonchev–Trinajstić information content (AvgIpc) is 3.07. The number of aryl methyl sites for hydroxylation is 2. The Morgan fingerprint density at radius 2 is 2.11 bits per heavy atom. The Bertz CT molecular complexity index is 1050. The number of hydrogen-bond acceptors (Lipinski definition) is 7. The Morgan fingerprint density at radius 3 is 2.86 bits per heavy atom. The quantitative estimate of drug-likeness (QED) is 0.578. The SMILES string of the molecule is CCOC(=O)c1nc(Nc2ccc(OC)c(Cl)c2)c2c3c(sc2n1)CCCC3. The molecule has 0 fully saturated rings. The topological polar surface area (TPSA) is 73.3 Å². The van der Waals surface area contributed by atoms with Gasteiger partial charge in [-0.25, -0.2) is 14.8 Å². The van der Waals surface area contributed by atoms with Crippen molar-refractivity contribution in [3.63, 3.8) is 0 Å². The van der Waals surface area contributed by atoms with Crippen LogP contribution < -0.4 is 10.1 Å². The van der Waals surface area contributed by atoms with Gasteiger partial charge in [-0.2, -0.15) is 0 Å². The van der Waals surface area contributed by atoms with Gasteiger partial charge in [0.25, 0.3) is 0 Å². The molecule has 0 unspecified atom stereocenters. The molecule has 0 radical (unpaired) electrons. The van der Waals surface area contributed by atoms with Crippen LogP contribution in [0.1, 0.15) is 40.8 Å². The standard InChI is InChI=1S/C20H20ClN3O3S/c1-3-27-20(25)18-23-17(22-11-8-9-14(26-2)13(21)10-11)16-12-6-4-5-7-15(12)28-19(16)24-18/h8-10H,3-7H2,1-2H3,(H,22,23,24). The molecule has 28 heavy (non-hydrogen) atoms. The Kier molecular flexibility index (Phi) is 5.37. The second-order valence-corrected chi connectivity index (χ2v) is 7.97. The summed E-state index contributed by atoms with van der Waals surface area (Å²) in [4.78, 5) is 23.4. The van der Waals surface area contributed by atoms with Crippen molar-refractivity contribution in [2.45, 2.75) is 32.6 Å². The number of ether oxygens (including phenoxy) is 2. The molecule has 3 aromatic rings. The van der Waals surface area contributed by atoms with E-state index in [-0.39, 0.29) is 12.4 Å². The third-order valence-corrected chi connectivity index (χ3v) is 6.17. The molecule has 2 heterocycles. The Morgan fingerprint density at radius 1 is 1.29 bits per heavy atom. The number of anilines is 2. The molecule has 0 saturated heterocycles. The molecule has 0 bridgehead atoms. The van der Waals surface area contributed by atoms with Gasteiger partial charge in [0.1, 0.15) is 16.4 Å². The van der Waals surface area contributed by atoms with E-state index in [0.717, 1.165) is 35.2 Å². The normalized spacial score (nSPS) is 13.2. The van der Waals surface area contributed by atoms with Gasteiger partial charge in [0.2, 0.25) is 5.82 Å². The Labute approximate surface area is 171 Å². The van der Waals surface area contributed by atoms with E-state index < -0.39 is 5.97 Å². The summed E-state index contributed by atoms with van der Waals surface area (Å²) >= 11 is 7.90. The van der Waals surface area contributed by atoms with E-state index in [1.54, 1.807) is 37.5 Å². The number of carbonyl (C=O) groups is 1. The number of nitrogens with one attached hydrogen (secondary N) is 1. The van der Waals surface area contributed by atoms with E-state index >= 15 is 0 Å². The van der Waals surface area contributed by atoms with Crippen LogP contribution in [0.2, 0.25) is 5.02 Å². The number of rotatable bonds is 5. The predicted octanol–water partition coefficient (Wildman–Crippen LogP) is 5.15. The molecule has 4 rings (SSSR count). The average molecular weight is 418 g/mol. The van der Waals surface area contributed by atoms with Crippen molar-refractivity contribution >= 4 is 50.6 Å². The lowest BCUT2D eigenvalue weighted by Crippen LogP contribution is -2.11. The number of hydrogen-bond donors (Lipinski definition) is 1. The highest BCUT2D eigenvalue weighted by atomic mass is 35.5. The number of carbonyl (C=O) groups excluding carboxylic acids is 1. The number of thiophene rings is 1. The lowest BCUT2D eigenvalue weighted by molar-refractivity contribution is 0.0512. The summed E-state index contributed by atoms with van der Waals surface area (Å²) < 4.78 is 10.3. The minimum absolute atomic E-state index is 0.0649. The van der Waals surface area contributed by atoms with E-state index in [2.05, 4.69) is 15.3 Å². The molecular formula is C20H20ClN3O3S. The van der Waals surface area contributed by atoms with Crippen molar-refractivity contribution in [3.8, 4) is 5.75 Å². The van der Waals surface area contributed by atoms with Crippen LogP contribution in [-0.2, 0) is 17.6 Å². The molecule has 0 atom stereocenters. The molecule has 2 aromatic heterocycles. The number of esters is 1. The highest BCUT2D eigenvalue weighted by Gasteiger charge is 2.23. The predicted molar refractivity (Wildman–Crippen MR) is 111 cm³/mol. The monoisotopic (exact) mass is 417 g/mol. The first kappa shape index (κ1) is 19.0. The number of fused-ring (bicyclic) bond motifs is 3. The van der Waals surface area contributed by atoms with Crippen molar-refractivity contribution in [1.29, 1.82) is 0 Å². The lowest BCUT2D eigenvalue weighted by atomic mass is 9.97. The van der Waals surface area contributed by atoms with Crippen LogP contribution in [0.3, 0.4) is 0 Å². The van der Waals surface area contributed by atoms with Crippen LogP contribution in [0.25, 0.3) is 10.2 Å². The van der Waals surface area contributed by atoms with Crippen molar-refractivity contribution in [2.75, 3.05) is 19.0 Å². The molecule has 146 valence electrons. The third-order valence-electron chi connectivity index (χ3n) is 4.69. The van der Waals surface area contributed by atoms with Gasteiger partial charge in [0, 0.05) is 10.6 Å². The smallest absolute Gasteiger partial charge is 0.376 e. The first-order valence-corrected chi connectivity index (χ1v) is 10.4. The summed E-state index contributed by atoms with van der Waals surface area (Å²) in [6, 6.07) is 5.43. The van der Waals surface area contributed by atoms with Crippen molar-refractivity contribution < 1.29 is 14.3 Å². The molecule has 0 amide bonds. The summed E-state index contributed by atoms with van der Waals surface area (Å²) in [6.45, 7) is 2.04. The number of nitrogens with zero attached hydrogens (tertiary/aromatic N) is 2. The van der Waals surface area contributed by atoms with Gasteiger partial charge < -0.3 is 14.8 Å². The highest BCUT2D eigenvalue weighted by Crippen LogP contribution is 2.40. The summed E-state index contributed by atoms with van der Waals surface area (Å²) in [7, 11) is 1.57. The third kappa shape index (κ3) is 3.52. The molecule has 1 N–H and O–H groups in total. The number of aromatic nitrogens is 2. The van der Waals surface area contributed by atoms with Crippen LogP contribution in [0, 0.1) is 0 Å². The molecule has 0 aliphatic heterocycles. The summed E-state index contributed by atoms with van der Waals surface area (Å²) in [5.41, 5.74) is 2.04. The second kappa shape index (κ2) is 7.93. The maximum absolute atomic E-state index is 12.3. The number of methoxy groups -OCH3 is 1. The first-order chi connectivity index (χ1) is 13.6. The van der Waals surface area contributed by atoms with Crippen LogP contribution in [0.5, 0.6) is 5.75 Å². The molecule has 6 nitrogen and oxygen atoms in total. The van der Waals surface area contributed by atoms with Crippen molar-refractivity contribution in [3.05, 3.63) is 39.5 Å². The van der Waals surface area contributed by atoms with Gasteiger partial charge in [-0.05, 0) is 56.4 Å². The van der Waals surface area contributed by atoms with Gasteiger partial charge in [-0.15, -0.1) is 11.3 Å². The van der Waals surface area contributed by atoms with Crippen molar-refractivity contribution in [1.82, 2.24) is 9.97 Å². The Hall–Kier alpha value is -2.38. The zero-order valence-corrected chi connectivity index (χ0v) is 17.2. The van der Waals surface area contributed by atoms with Crippen LogP contribution in [0.4, 0.5) is 11.5 Å². The molecule has 8 heteroatoms. The van der Waals surface area contributed by atoms with Crippen molar-refractivity contribution in [2.24, 2.45) is 0 Å². The van der Waals surface area contributed by atoms with Gasteiger partial charge >= 0.3 is 5.97 Å². The maximum Gasteiger partial charge on any atom is 0.376 e. The zero-order valence-electron chi connectivity index (χ0n) is 15.7.